The minimum absolute atomic E-state index is 0.469. The van der Waals surface area contributed by atoms with Gasteiger partial charge in [0, 0.05) is 0 Å². The molecule has 1 aromatic heterocycles. The number of thiazole rings is 1. The summed E-state index contributed by atoms with van der Waals surface area (Å²) in [6.07, 6.45) is 0.469. The maximum absolute atomic E-state index is 11.6. The molecule has 1 atom stereocenters. The normalized spacial score (nSPS) is 12.4. The molecule has 106 valence electrons. The fourth-order valence-electron chi connectivity index (χ4n) is 2.39. The lowest BCUT2D eigenvalue weighted by Crippen LogP contribution is -2.14. The fourth-order valence-corrected chi connectivity index (χ4v) is 3.45. The number of aryl methyl sites for hydroxylation is 1. The summed E-state index contributed by atoms with van der Waals surface area (Å²) in [5.74, 6) is -1.42. The molecule has 3 rings (SSSR count). The van der Waals surface area contributed by atoms with Gasteiger partial charge in [-0.05, 0) is 31.0 Å². The average molecular weight is 297 g/mol. The zero-order valence-corrected chi connectivity index (χ0v) is 12.4. The Morgan fingerprint density at radius 2 is 2.05 bits per heavy atom. The maximum atomic E-state index is 11.6. The second-order valence-corrected chi connectivity index (χ2v) is 6.17. The molecule has 0 fully saturated rings. The molecule has 0 bridgehead atoms. The van der Waals surface area contributed by atoms with E-state index in [2.05, 4.69) is 4.98 Å². The summed E-state index contributed by atoms with van der Waals surface area (Å²) in [6, 6.07) is 15.7. The largest absolute Gasteiger partial charge is 0.481 e. The first-order valence-electron chi connectivity index (χ1n) is 6.77. The minimum Gasteiger partial charge on any atom is -0.481 e. The van der Waals surface area contributed by atoms with Crippen molar-refractivity contribution in [3.8, 4) is 0 Å². The molecule has 0 saturated carbocycles. The Balaban J connectivity index is 1.96. The van der Waals surface area contributed by atoms with E-state index >= 15 is 0 Å². The van der Waals surface area contributed by atoms with E-state index in [1.54, 1.807) is 0 Å². The number of carboxylic acid groups (broad SMARTS) is 1. The van der Waals surface area contributed by atoms with E-state index < -0.39 is 11.9 Å². The molecule has 0 radical (unpaired) electrons. The van der Waals surface area contributed by atoms with Crippen LogP contribution in [0.15, 0.2) is 48.5 Å². The van der Waals surface area contributed by atoms with Crippen LogP contribution in [0.25, 0.3) is 10.2 Å². The van der Waals surface area contributed by atoms with E-state index in [0.29, 0.717) is 11.4 Å². The number of para-hydroxylation sites is 1. The molecule has 1 N–H and O–H groups in total. The molecule has 2 aromatic carbocycles. The van der Waals surface area contributed by atoms with Crippen LogP contribution < -0.4 is 0 Å². The SMILES string of the molecule is Cc1cccc(CC(C(=O)O)c2nc3ccccc3s2)c1. The Bertz CT molecular complexity index is 761. The molecule has 0 aliphatic heterocycles. The zero-order valence-electron chi connectivity index (χ0n) is 11.6. The van der Waals surface area contributed by atoms with E-state index in [-0.39, 0.29) is 0 Å². The summed E-state index contributed by atoms with van der Waals surface area (Å²) in [4.78, 5) is 16.1. The monoisotopic (exact) mass is 297 g/mol. The molecule has 3 nitrogen and oxygen atoms in total. The predicted octanol–water partition coefficient (Wildman–Crippen LogP) is 4.02. The van der Waals surface area contributed by atoms with Crippen LogP contribution in [0, 0.1) is 6.92 Å². The van der Waals surface area contributed by atoms with Gasteiger partial charge < -0.3 is 5.11 Å². The number of benzene rings is 2. The smallest absolute Gasteiger partial charge is 0.313 e. The van der Waals surface area contributed by atoms with Crippen LogP contribution in [0.3, 0.4) is 0 Å². The summed E-state index contributed by atoms with van der Waals surface area (Å²) < 4.78 is 1.03. The van der Waals surface area contributed by atoms with Crippen molar-refractivity contribution < 1.29 is 9.90 Å². The van der Waals surface area contributed by atoms with Crippen molar-refractivity contribution in [1.82, 2.24) is 4.98 Å². The van der Waals surface area contributed by atoms with Crippen molar-refractivity contribution in [2.75, 3.05) is 0 Å². The van der Waals surface area contributed by atoms with Crippen LogP contribution in [0.4, 0.5) is 0 Å². The Morgan fingerprint density at radius 3 is 2.76 bits per heavy atom. The Morgan fingerprint density at radius 1 is 1.24 bits per heavy atom. The molecule has 1 unspecified atom stereocenters. The number of aliphatic carboxylic acids is 1. The first-order valence-corrected chi connectivity index (χ1v) is 7.59. The van der Waals surface area contributed by atoms with E-state index in [1.165, 1.54) is 11.3 Å². The minimum atomic E-state index is -0.824. The highest BCUT2D eigenvalue weighted by Gasteiger charge is 2.24. The van der Waals surface area contributed by atoms with Crippen molar-refractivity contribution in [3.63, 3.8) is 0 Å². The number of fused-ring (bicyclic) bond motifs is 1. The molecule has 0 saturated heterocycles. The van der Waals surface area contributed by atoms with Gasteiger partial charge in [0.05, 0.1) is 10.2 Å². The lowest BCUT2D eigenvalue weighted by Gasteiger charge is -2.09. The van der Waals surface area contributed by atoms with Crippen molar-refractivity contribution >= 4 is 27.5 Å². The zero-order chi connectivity index (χ0) is 14.8. The van der Waals surface area contributed by atoms with Gasteiger partial charge in [0.15, 0.2) is 0 Å². The van der Waals surface area contributed by atoms with Crippen molar-refractivity contribution in [3.05, 3.63) is 64.7 Å². The van der Waals surface area contributed by atoms with Crippen LogP contribution in [-0.2, 0) is 11.2 Å². The topological polar surface area (TPSA) is 50.2 Å². The van der Waals surface area contributed by atoms with Gasteiger partial charge in [0.25, 0.3) is 0 Å². The Kier molecular flexibility index (Phi) is 3.71. The molecule has 0 amide bonds. The molecule has 0 spiro atoms. The first-order chi connectivity index (χ1) is 10.1. The third-order valence-electron chi connectivity index (χ3n) is 3.43. The molecule has 0 aliphatic carbocycles. The molecular formula is C17H15NO2S. The number of hydrogen-bond donors (Lipinski definition) is 1. The van der Waals surface area contributed by atoms with Crippen LogP contribution in [-0.4, -0.2) is 16.1 Å². The van der Waals surface area contributed by atoms with Gasteiger partial charge in [-0.3, -0.25) is 4.79 Å². The summed E-state index contributed by atoms with van der Waals surface area (Å²) in [5, 5.41) is 10.2. The van der Waals surface area contributed by atoms with E-state index in [9.17, 15) is 9.90 Å². The third kappa shape index (κ3) is 2.95. The predicted molar refractivity (Wildman–Crippen MR) is 84.9 cm³/mol. The van der Waals surface area contributed by atoms with E-state index in [4.69, 9.17) is 0 Å². The highest BCUT2D eigenvalue weighted by molar-refractivity contribution is 7.18. The average Bonchev–Trinajstić information content (AvgIpc) is 2.88. The molecule has 1 heterocycles. The van der Waals surface area contributed by atoms with Crippen LogP contribution in [0.1, 0.15) is 22.1 Å². The van der Waals surface area contributed by atoms with Gasteiger partial charge in [-0.25, -0.2) is 4.98 Å². The Hall–Kier alpha value is -2.20. The molecule has 4 heteroatoms. The second kappa shape index (κ2) is 5.66. The second-order valence-electron chi connectivity index (χ2n) is 5.10. The number of nitrogens with zero attached hydrogens (tertiary/aromatic N) is 1. The van der Waals surface area contributed by atoms with Crippen LogP contribution >= 0.6 is 11.3 Å². The maximum Gasteiger partial charge on any atom is 0.313 e. The molecular weight excluding hydrogens is 282 g/mol. The highest BCUT2D eigenvalue weighted by atomic mass is 32.1. The lowest BCUT2D eigenvalue weighted by atomic mass is 9.99. The van der Waals surface area contributed by atoms with Crippen LogP contribution in [0.5, 0.6) is 0 Å². The molecule has 21 heavy (non-hydrogen) atoms. The van der Waals surface area contributed by atoms with Crippen molar-refractivity contribution in [2.45, 2.75) is 19.3 Å². The lowest BCUT2D eigenvalue weighted by molar-refractivity contribution is -0.138. The summed E-state index contributed by atoms with van der Waals surface area (Å²) in [5.41, 5.74) is 3.04. The van der Waals surface area contributed by atoms with Crippen LogP contribution in [0.2, 0.25) is 0 Å². The van der Waals surface area contributed by atoms with Gasteiger partial charge in [-0.1, -0.05) is 42.0 Å². The summed E-state index contributed by atoms with van der Waals surface area (Å²) >= 11 is 1.47. The standard InChI is InChI=1S/C17H15NO2S/c1-11-5-4-6-12(9-11)10-13(17(19)20)16-18-14-7-2-3-8-15(14)21-16/h2-9,13H,10H2,1H3,(H,19,20). The summed E-state index contributed by atoms with van der Waals surface area (Å²) in [6.45, 7) is 2.01. The fraction of sp³-hybridized carbons (Fsp3) is 0.176. The van der Waals surface area contributed by atoms with E-state index in [1.807, 2.05) is 55.5 Å². The van der Waals surface area contributed by atoms with Gasteiger partial charge in [-0.2, -0.15) is 0 Å². The Labute approximate surface area is 126 Å². The van der Waals surface area contributed by atoms with Crippen molar-refractivity contribution in [1.29, 1.82) is 0 Å². The van der Waals surface area contributed by atoms with Gasteiger partial charge in [0.2, 0.25) is 0 Å². The number of hydrogen-bond acceptors (Lipinski definition) is 3. The number of rotatable bonds is 4. The quantitative estimate of drug-likeness (QED) is 0.791. The van der Waals surface area contributed by atoms with Gasteiger partial charge >= 0.3 is 5.97 Å². The number of carboxylic acids is 1. The van der Waals surface area contributed by atoms with E-state index in [0.717, 1.165) is 21.3 Å². The highest BCUT2D eigenvalue weighted by Crippen LogP contribution is 2.30. The number of carbonyl (C=O) groups is 1. The number of aromatic nitrogens is 1. The molecule has 0 aliphatic rings. The van der Waals surface area contributed by atoms with Gasteiger partial charge in [0.1, 0.15) is 10.9 Å². The van der Waals surface area contributed by atoms with Crippen molar-refractivity contribution in [2.24, 2.45) is 0 Å². The first kappa shape index (κ1) is 13.8. The third-order valence-corrected chi connectivity index (χ3v) is 4.58. The molecule has 3 aromatic rings. The van der Waals surface area contributed by atoms with Gasteiger partial charge in [-0.15, -0.1) is 11.3 Å². The summed E-state index contributed by atoms with van der Waals surface area (Å²) in [7, 11) is 0.